The smallest absolute Gasteiger partial charge is 0.252 e. The molecule has 0 radical (unpaired) electrons. The van der Waals surface area contributed by atoms with Crippen LogP contribution >= 0.6 is 11.6 Å². The minimum absolute atomic E-state index is 0.181. The average Bonchev–Trinajstić information content (AvgIpc) is 3.27. The highest BCUT2D eigenvalue weighted by atomic mass is 35.5. The van der Waals surface area contributed by atoms with Gasteiger partial charge >= 0.3 is 0 Å². The highest BCUT2D eigenvalue weighted by molar-refractivity contribution is 6.33. The summed E-state index contributed by atoms with van der Waals surface area (Å²) in [6.45, 7) is 5.18. The first kappa shape index (κ1) is 22.1. The van der Waals surface area contributed by atoms with Crippen LogP contribution in [-0.2, 0) is 13.1 Å². The van der Waals surface area contributed by atoms with Gasteiger partial charge in [-0.1, -0.05) is 48.0 Å². The van der Waals surface area contributed by atoms with Crippen LogP contribution in [0.2, 0.25) is 5.02 Å². The Labute approximate surface area is 183 Å². The number of benzene rings is 2. The number of amides is 1. The maximum absolute atomic E-state index is 12.2. The monoisotopic (exact) mass is 427 g/mol. The van der Waals surface area contributed by atoms with Crippen molar-refractivity contribution in [1.82, 2.24) is 20.9 Å². The molecule has 1 saturated heterocycles. The van der Waals surface area contributed by atoms with E-state index in [-0.39, 0.29) is 5.91 Å². The zero-order valence-corrected chi connectivity index (χ0v) is 18.2. The standard InChI is InChI=1S/C23H30ClN5O/c1-25-23(27-13-12-26-22(30)20-6-2-3-7-21(20)24)28-16-18-8-10-19(11-9-18)17-29-14-4-5-15-29/h2-3,6-11H,4-5,12-17H2,1H3,(H,26,30)(H2,25,27,28). The number of hydrogen-bond acceptors (Lipinski definition) is 3. The molecular weight excluding hydrogens is 398 g/mol. The molecule has 6 nitrogen and oxygen atoms in total. The molecule has 0 unspecified atom stereocenters. The first-order chi connectivity index (χ1) is 14.7. The molecule has 1 aliphatic rings. The van der Waals surface area contributed by atoms with E-state index in [9.17, 15) is 4.79 Å². The van der Waals surface area contributed by atoms with Gasteiger partial charge in [0.15, 0.2) is 5.96 Å². The van der Waals surface area contributed by atoms with E-state index in [2.05, 4.69) is 50.1 Å². The third-order valence-corrected chi connectivity index (χ3v) is 5.46. The Bertz CT molecular complexity index is 847. The van der Waals surface area contributed by atoms with Crippen LogP contribution in [-0.4, -0.2) is 50.0 Å². The molecule has 0 spiro atoms. The van der Waals surface area contributed by atoms with E-state index in [1.807, 2.05) is 0 Å². The van der Waals surface area contributed by atoms with Crippen LogP contribution in [0.5, 0.6) is 0 Å². The van der Waals surface area contributed by atoms with Gasteiger partial charge in [-0.15, -0.1) is 0 Å². The summed E-state index contributed by atoms with van der Waals surface area (Å²) in [5, 5.41) is 9.81. The Morgan fingerprint density at radius 3 is 2.33 bits per heavy atom. The van der Waals surface area contributed by atoms with Crippen molar-refractivity contribution in [2.75, 3.05) is 33.2 Å². The number of carbonyl (C=O) groups is 1. The normalized spacial score (nSPS) is 14.5. The lowest BCUT2D eigenvalue weighted by Gasteiger charge is -2.15. The third kappa shape index (κ3) is 6.75. The number of rotatable bonds is 8. The topological polar surface area (TPSA) is 68.8 Å². The van der Waals surface area contributed by atoms with Gasteiger partial charge in [0, 0.05) is 33.2 Å². The number of hydrogen-bond donors (Lipinski definition) is 3. The fourth-order valence-corrected chi connectivity index (χ4v) is 3.69. The van der Waals surface area contributed by atoms with Gasteiger partial charge < -0.3 is 16.0 Å². The molecule has 0 aliphatic carbocycles. The number of nitrogens with one attached hydrogen (secondary N) is 3. The highest BCUT2D eigenvalue weighted by Gasteiger charge is 2.11. The third-order valence-electron chi connectivity index (χ3n) is 5.13. The lowest BCUT2D eigenvalue weighted by molar-refractivity contribution is 0.0954. The van der Waals surface area contributed by atoms with E-state index in [1.165, 1.54) is 37.1 Å². The summed E-state index contributed by atoms with van der Waals surface area (Å²) < 4.78 is 0. The van der Waals surface area contributed by atoms with E-state index in [0.717, 1.165) is 6.54 Å². The Morgan fingerprint density at radius 2 is 1.63 bits per heavy atom. The highest BCUT2D eigenvalue weighted by Crippen LogP contribution is 2.14. The molecule has 160 valence electrons. The summed E-state index contributed by atoms with van der Waals surface area (Å²) in [4.78, 5) is 18.9. The van der Waals surface area contributed by atoms with E-state index in [4.69, 9.17) is 11.6 Å². The zero-order chi connectivity index (χ0) is 21.2. The molecule has 7 heteroatoms. The molecular formula is C23H30ClN5O. The fourth-order valence-electron chi connectivity index (χ4n) is 3.47. The van der Waals surface area contributed by atoms with Gasteiger partial charge in [-0.2, -0.15) is 0 Å². The second-order valence-electron chi connectivity index (χ2n) is 7.39. The van der Waals surface area contributed by atoms with Crippen molar-refractivity contribution in [3.05, 3.63) is 70.2 Å². The molecule has 2 aromatic carbocycles. The second-order valence-corrected chi connectivity index (χ2v) is 7.80. The van der Waals surface area contributed by atoms with Gasteiger partial charge in [-0.3, -0.25) is 14.7 Å². The molecule has 2 aromatic rings. The van der Waals surface area contributed by atoms with Gasteiger partial charge in [0.05, 0.1) is 10.6 Å². The molecule has 3 N–H and O–H groups in total. The van der Waals surface area contributed by atoms with Crippen LogP contribution in [0.15, 0.2) is 53.5 Å². The summed E-state index contributed by atoms with van der Waals surface area (Å²) in [5.74, 6) is 0.516. The molecule has 1 heterocycles. The first-order valence-corrected chi connectivity index (χ1v) is 10.8. The molecule has 0 bridgehead atoms. The van der Waals surface area contributed by atoms with Gasteiger partial charge in [-0.05, 0) is 49.2 Å². The zero-order valence-electron chi connectivity index (χ0n) is 17.5. The van der Waals surface area contributed by atoms with E-state index in [1.54, 1.807) is 31.3 Å². The van der Waals surface area contributed by atoms with Crippen LogP contribution in [0.1, 0.15) is 34.3 Å². The van der Waals surface area contributed by atoms with Gasteiger partial charge in [0.25, 0.3) is 5.91 Å². The van der Waals surface area contributed by atoms with Crippen LogP contribution in [0.3, 0.4) is 0 Å². The Balaban J connectivity index is 1.36. The van der Waals surface area contributed by atoms with Crippen molar-refractivity contribution in [3.63, 3.8) is 0 Å². The maximum atomic E-state index is 12.2. The van der Waals surface area contributed by atoms with Crippen molar-refractivity contribution in [1.29, 1.82) is 0 Å². The average molecular weight is 428 g/mol. The number of guanidine groups is 1. The van der Waals surface area contributed by atoms with Crippen LogP contribution in [0, 0.1) is 0 Å². The Kier molecular flexibility index (Phi) is 8.53. The summed E-state index contributed by atoms with van der Waals surface area (Å²) in [6.07, 6.45) is 2.63. The number of aliphatic imine (C=N–C) groups is 1. The number of halogens is 1. The maximum Gasteiger partial charge on any atom is 0.252 e. The minimum atomic E-state index is -0.181. The minimum Gasteiger partial charge on any atom is -0.355 e. The summed E-state index contributed by atoms with van der Waals surface area (Å²) in [5.41, 5.74) is 3.04. The van der Waals surface area contributed by atoms with Crippen LogP contribution < -0.4 is 16.0 Å². The predicted octanol–water partition coefficient (Wildman–Crippen LogP) is 3.03. The quantitative estimate of drug-likeness (QED) is 0.344. The summed E-state index contributed by atoms with van der Waals surface area (Å²) in [7, 11) is 1.73. The van der Waals surface area contributed by atoms with Gasteiger partial charge in [0.2, 0.25) is 0 Å². The lowest BCUT2D eigenvalue weighted by Crippen LogP contribution is -2.41. The predicted molar refractivity (Wildman–Crippen MR) is 123 cm³/mol. The molecule has 30 heavy (non-hydrogen) atoms. The van der Waals surface area contributed by atoms with Crippen LogP contribution in [0.25, 0.3) is 0 Å². The Morgan fingerprint density at radius 1 is 0.967 bits per heavy atom. The molecule has 0 atom stereocenters. The fraction of sp³-hybridized carbons (Fsp3) is 0.391. The molecule has 1 amide bonds. The molecule has 1 aliphatic heterocycles. The van der Waals surface area contributed by atoms with Crippen molar-refractivity contribution >= 4 is 23.5 Å². The van der Waals surface area contributed by atoms with E-state index in [0.29, 0.717) is 36.2 Å². The first-order valence-electron chi connectivity index (χ1n) is 10.4. The number of likely N-dealkylation sites (tertiary alicyclic amines) is 1. The van der Waals surface area contributed by atoms with Crippen molar-refractivity contribution in [2.24, 2.45) is 4.99 Å². The Hall–Kier alpha value is -2.57. The number of carbonyl (C=O) groups excluding carboxylic acids is 1. The van der Waals surface area contributed by atoms with Gasteiger partial charge in [0.1, 0.15) is 0 Å². The number of nitrogens with zero attached hydrogens (tertiary/aromatic N) is 2. The van der Waals surface area contributed by atoms with E-state index < -0.39 is 0 Å². The van der Waals surface area contributed by atoms with E-state index >= 15 is 0 Å². The summed E-state index contributed by atoms with van der Waals surface area (Å²) in [6, 6.07) is 15.7. The van der Waals surface area contributed by atoms with Crippen molar-refractivity contribution < 1.29 is 4.79 Å². The molecule has 3 rings (SSSR count). The van der Waals surface area contributed by atoms with Gasteiger partial charge in [-0.25, -0.2) is 0 Å². The molecule has 0 aromatic heterocycles. The SMILES string of the molecule is CN=C(NCCNC(=O)c1ccccc1Cl)NCc1ccc(CN2CCCC2)cc1. The van der Waals surface area contributed by atoms with Crippen molar-refractivity contribution in [2.45, 2.75) is 25.9 Å². The van der Waals surface area contributed by atoms with Crippen LogP contribution in [0.4, 0.5) is 0 Å². The summed E-state index contributed by atoms with van der Waals surface area (Å²) >= 11 is 6.05. The lowest BCUT2D eigenvalue weighted by atomic mass is 10.1. The molecule has 1 fully saturated rings. The van der Waals surface area contributed by atoms with Crippen molar-refractivity contribution in [3.8, 4) is 0 Å². The second kappa shape index (κ2) is 11.6. The largest absolute Gasteiger partial charge is 0.355 e. The molecule has 0 saturated carbocycles.